The first kappa shape index (κ1) is 17.3. The van der Waals surface area contributed by atoms with Gasteiger partial charge in [0.25, 0.3) is 0 Å². The summed E-state index contributed by atoms with van der Waals surface area (Å²) < 4.78 is 44.9. The molecule has 0 aliphatic carbocycles. The molecule has 26 heavy (non-hydrogen) atoms. The first-order chi connectivity index (χ1) is 12.3. The first-order valence-corrected chi connectivity index (χ1v) is 8.77. The van der Waals surface area contributed by atoms with Crippen molar-refractivity contribution in [3.8, 4) is 0 Å². The summed E-state index contributed by atoms with van der Waals surface area (Å²) in [6.07, 6.45) is -0.901. The summed E-state index contributed by atoms with van der Waals surface area (Å²) in [6, 6.07) is 7.25. The Morgan fingerprint density at radius 3 is 2.54 bits per heavy atom. The fraction of sp³-hybridized carbons (Fsp3) is 0.556. The van der Waals surface area contributed by atoms with Crippen LogP contribution in [0.4, 0.5) is 13.2 Å². The van der Waals surface area contributed by atoms with E-state index in [1.807, 2.05) is 0 Å². The van der Waals surface area contributed by atoms with Gasteiger partial charge in [-0.25, -0.2) is 4.79 Å². The van der Waals surface area contributed by atoms with E-state index in [9.17, 15) is 18.0 Å². The molecule has 2 fully saturated rings. The van der Waals surface area contributed by atoms with E-state index < -0.39 is 18.7 Å². The highest BCUT2D eigenvalue weighted by molar-refractivity contribution is 6.02. The molecule has 2 saturated heterocycles. The SMILES string of the molecule is CN1[C@@H]2CC[C@H]1C[C@H](OC(=O)c1nn(CC(F)(F)F)c3ccccc13)C2. The summed E-state index contributed by atoms with van der Waals surface area (Å²) in [5, 5.41) is 4.31. The predicted octanol–water partition coefficient (Wildman–Crippen LogP) is 3.38. The Bertz CT molecular complexity index is 819. The molecule has 8 heteroatoms. The van der Waals surface area contributed by atoms with Gasteiger partial charge in [0.1, 0.15) is 12.6 Å². The second-order valence-corrected chi connectivity index (χ2v) is 7.19. The van der Waals surface area contributed by atoms with E-state index in [1.165, 1.54) is 6.07 Å². The molecular formula is C18H20F3N3O2. The van der Waals surface area contributed by atoms with Crippen LogP contribution in [0.1, 0.15) is 36.2 Å². The number of alkyl halides is 3. The van der Waals surface area contributed by atoms with Gasteiger partial charge < -0.3 is 9.64 Å². The van der Waals surface area contributed by atoms with Gasteiger partial charge in [0.15, 0.2) is 5.69 Å². The molecule has 5 nitrogen and oxygen atoms in total. The Morgan fingerprint density at radius 1 is 1.23 bits per heavy atom. The second-order valence-electron chi connectivity index (χ2n) is 7.19. The highest BCUT2D eigenvalue weighted by atomic mass is 19.4. The number of benzene rings is 1. The third-order valence-electron chi connectivity index (χ3n) is 5.51. The fourth-order valence-corrected chi connectivity index (χ4v) is 4.23. The number of ether oxygens (including phenoxy) is 1. The van der Waals surface area contributed by atoms with E-state index >= 15 is 0 Å². The number of rotatable bonds is 3. The zero-order valence-corrected chi connectivity index (χ0v) is 14.4. The van der Waals surface area contributed by atoms with Crippen molar-refractivity contribution in [3.63, 3.8) is 0 Å². The maximum absolute atomic E-state index is 12.8. The smallest absolute Gasteiger partial charge is 0.408 e. The second kappa shape index (κ2) is 6.26. The van der Waals surface area contributed by atoms with E-state index in [-0.39, 0.29) is 17.3 Å². The van der Waals surface area contributed by atoms with Gasteiger partial charge >= 0.3 is 12.1 Å². The molecule has 1 aromatic carbocycles. The Balaban J connectivity index is 1.57. The van der Waals surface area contributed by atoms with Crippen molar-refractivity contribution in [2.24, 2.45) is 0 Å². The topological polar surface area (TPSA) is 47.4 Å². The largest absolute Gasteiger partial charge is 0.457 e. The minimum atomic E-state index is -4.41. The maximum Gasteiger partial charge on any atom is 0.408 e. The van der Waals surface area contributed by atoms with Gasteiger partial charge in [-0.05, 0) is 26.0 Å². The molecule has 0 saturated carbocycles. The van der Waals surface area contributed by atoms with Crippen LogP contribution in [0, 0.1) is 0 Å². The van der Waals surface area contributed by atoms with Crippen molar-refractivity contribution in [2.45, 2.75) is 56.6 Å². The van der Waals surface area contributed by atoms with Crippen LogP contribution in [0.15, 0.2) is 24.3 Å². The van der Waals surface area contributed by atoms with Gasteiger partial charge in [-0.3, -0.25) is 4.68 Å². The third kappa shape index (κ3) is 3.18. The number of fused-ring (bicyclic) bond motifs is 3. The van der Waals surface area contributed by atoms with Crippen LogP contribution in [0.5, 0.6) is 0 Å². The quantitative estimate of drug-likeness (QED) is 0.781. The highest BCUT2D eigenvalue weighted by Crippen LogP contribution is 2.36. The van der Waals surface area contributed by atoms with Crippen molar-refractivity contribution < 1.29 is 22.7 Å². The van der Waals surface area contributed by atoms with Crippen molar-refractivity contribution in [2.75, 3.05) is 7.05 Å². The first-order valence-electron chi connectivity index (χ1n) is 8.77. The number of hydrogen-bond donors (Lipinski definition) is 0. The molecule has 0 spiro atoms. The minimum Gasteiger partial charge on any atom is -0.457 e. The van der Waals surface area contributed by atoms with Crippen LogP contribution in [-0.4, -0.2) is 52.1 Å². The van der Waals surface area contributed by atoms with Gasteiger partial charge in [-0.2, -0.15) is 18.3 Å². The number of esters is 1. The number of nitrogens with zero attached hydrogens (tertiary/aromatic N) is 3. The van der Waals surface area contributed by atoms with Gasteiger partial charge in [0.2, 0.25) is 0 Å². The van der Waals surface area contributed by atoms with Crippen molar-refractivity contribution in [1.82, 2.24) is 14.7 Å². The van der Waals surface area contributed by atoms with Crippen molar-refractivity contribution in [1.29, 1.82) is 0 Å². The average Bonchev–Trinajstić information content (AvgIpc) is 3.00. The molecular weight excluding hydrogens is 347 g/mol. The summed E-state index contributed by atoms with van der Waals surface area (Å²) in [7, 11) is 2.09. The van der Waals surface area contributed by atoms with E-state index in [4.69, 9.17) is 4.74 Å². The van der Waals surface area contributed by atoms with Gasteiger partial charge in [0.05, 0.1) is 5.52 Å². The lowest BCUT2D eigenvalue weighted by Crippen LogP contribution is -2.43. The van der Waals surface area contributed by atoms with Crippen LogP contribution in [0.2, 0.25) is 0 Å². The zero-order valence-electron chi connectivity index (χ0n) is 14.4. The van der Waals surface area contributed by atoms with E-state index in [0.717, 1.165) is 30.4 Å². The zero-order chi connectivity index (χ0) is 18.5. The Morgan fingerprint density at radius 2 is 1.88 bits per heavy atom. The summed E-state index contributed by atoms with van der Waals surface area (Å²) in [4.78, 5) is 15.0. The number of aromatic nitrogens is 2. The molecule has 2 bridgehead atoms. The van der Waals surface area contributed by atoms with Gasteiger partial charge in [0, 0.05) is 30.3 Å². The van der Waals surface area contributed by atoms with E-state index in [2.05, 4.69) is 17.0 Å². The van der Waals surface area contributed by atoms with Crippen LogP contribution >= 0.6 is 0 Å². The van der Waals surface area contributed by atoms with Crippen molar-refractivity contribution in [3.05, 3.63) is 30.0 Å². The Kier molecular flexibility index (Phi) is 4.17. The molecule has 3 heterocycles. The van der Waals surface area contributed by atoms with Gasteiger partial charge in [-0.1, -0.05) is 18.2 Å². The molecule has 0 unspecified atom stereocenters. The third-order valence-corrected chi connectivity index (χ3v) is 5.51. The number of hydrogen-bond acceptors (Lipinski definition) is 4. The minimum absolute atomic E-state index is 0.0453. The fourth-order valence-electron chi connectivity index (χ4n) is 4.23. The molecule has 3 atom stereocenters. The molecule has 0 radical (unpaired) electrons. The summed E-state index contributed by atoms with van der Waals surface area (Å²) in [5.41, 5.74) is 0.233. The molecule has 2 aliphatic rings. The predicted molar refractivity (Wildman–Crippen MR) is 88.8 cm³/mol. The summed E-state index contributed by atoms with van der Waals surface area (Å²) >= 11 is 0. The van der Waals surface area contributed by atoms with E-state index in [1.54, 1.807) is 18.2 Å². The van der Waals surface area contributed by atoms with Crippen LogP contribution in [0.3, 0.4) is 0 Å². The highest BCUT2D eigenvalue weighted by Gasteiger charge is 2.40. The molecule has 4 rings (SSSR count). The van der Waals surface area contributed by atoms with E-state index in [0.29, 0.717) is 17.5 Å². The standard InChI is InChI=1S/C18H20F3N3O2/c1-23-11-6-7-12(23)9-13(8-11)26-17(25)16-14-4-2-3-5-15(14)24(22-16)10-18(19,20)21/h2-5,11-13H,6-10H2,1H3/t11-,12+,13-. The molecule has 1 aromatic heterocycles. The Labute approximate surface area is 148 Å². The number of carbonyl (C=O) groups excluding carboxylic acids is 1. The number of halogens is 3. The monoisotopic (exact) mass is 367 g/mol. The number of carbonyl (C=O) groups is 1. The van der Waals surface area contributed by atoms with Crippen LogP contribution < -0.4 is 0 Å². The maximum atomic E-state index is 12.8. The van der Waals surface area contributed by atoms with Gasteiger partial charge in [-0.15, -0.1) is 0 Å². The molecule has 2 aliphatic heterocycles. The molecule has 140 valence electrons. The lowest BCUT2D eigenvalue weighted by Gasteiger charge is -2.35. The molecule has 0 N–H and O–H groups in total. The average molecular weight is 367 g/mol. The normalized spacial score (nSPS) is 26.4. The van der Waals surface area contributed by atoms with Crippen LogP contribution in [0.25, 0.3) is 10.9 Å². The summed E-state index contributed by atoms with van der Waals surface area (Å²) in [6.45, 7) is -1.24. The Hall–Kier alpha value is -2.09. The number of piperidine rings is 1. The van der Waals surface area contributed by atoms with Crippen molar-refractivity contribution >= 4 is 16.9 Å². The van der Waals surface area contributed by atoms with Crippen LogP contribution in [-0.2, 0) is 11.3 Å². The molecule has 0 amide bonds. The molecule has 2 aromatic rings. The number of para-hydroxylation sites is 1. The summed E-state index contributed by atoms with van der Waals surface area (Å²) in [5.74, 6) is -0.643. The lowest BCUT2D eigenvalue weighted by atomic mass is 10.0. The lowest BCUT2D eigenvalue weighted by molar-refractivity contribution is -0.141.